The van der Waals surface area contributed by atoms with Gasteiger partial charge in [0.1, 0.15) is 11.6 Å². The molecular weight excluding hydrogens is 292 g/mol. The molecule has 1 amide bonds. The van der Waals surface area contributed by atoms with Gasteiger partial charge in [-0.05, 0) is 20.8 Å². The smallest absolute Gasteiger partial charge is 0.225 e. The Morgan fingerprint density at radius 3 is 2.39 bits per heavy atom. The summed E-state index contributed by atoms with van der Waals surface area (Å²) in [6.45, 7) is 12.3. The number of anilines is 1. The van der Waals surface area contributed by atoms with Gasteiger partial charge in [0.05, 0.1) is 12.0 Å². The zero-order chi connectivity index (χ0) is 17.2. The normalized spacial score (nSPS) is 16.1. The number of carbonyl (C=O) groups is 1. The molecule has 0 bridgehead atoms. The highest BCUT2D eigenvalue weighted by Gasteiger charge is 2.26. The van der Waals surface area contributed by atoms with E-state index in [1.54, 1.807) is 13.8 Å². The molecule has 6 heteroatoms. The molecule has 128 valence electrons. The summed E-state index contributed by atoms with van der Waals surface area (Å²) in [5, 5.41) is 9.79. The Morgan fingerprint density at radius 2 is 1.87 bits per heavy atom. The minimum Gasteiger partial charge on any atom is -0.390 e. The number of aryl methyl sites for hydroxylation is 1. The largest absolute Gasteiger partial charge is 0.390 e. The van der Waals surface area contributed by atoms with Gasteiger partial charge in [-0.2, -0.15) is 0 Å². The summed E-state index contributed by atoms with van der Waals surface area (Å²) in [7, 11) is 0. The van der Waals surface area contributed by atoms with Gasteiger partial charge in [-0.15, -0.1) is 0 Å². The summed E-state index contributed by atoms with van der Waals surface area (Å²) in [6.07, 6.45) is 0.164. The maximum absolute atomic E-state index is 12.2. The lowest BCUT2D eigenvalue weighted by molar-refractivity contribution is -0.135. The average Bonchev–Trinajstić information content (AvgIpc) is 2.45. The molecule has 2 heterocycles. The Bertz CT molecular complexity index is 558. The molecular formula is C17H28N4O2. The van der Waals surface area contributed by atoms with E-state index in [0.29, 0.717) is 19.0 Å². The van der Waals surface area contributed by atoms with Crippen molar-refractivity contribution < 1.29 is 9.90 Å². The van der Waals surface area contributed by atoms with Crippen LogP contribution in [0.3, 0.4) is 0 Å². The van der Waals surface area contributed by atoms with E-state index in [9.17, 15) is 9.90 Å². The molecule has 6 nitrogen and oxygen atoms in total. The van der Waals surface area contributed by atoms with Gasteiger partial charge < -0.3 is 14.9 Å². The molecule has 0 aromatic carbocycles. The number of aromatic nitrogens is 2. The van der Waals surface area contributed by atoms with Gasteiger partial charge in [0.25, 0.3) is 0 Å². The van der Waals surface area contributed by atoms with Crippen LogP contribution < -0.4 is 4.90 Å². The maximum Gasteiger partial charge on any atom is 0.225 e. The number of nitrogens with zero attached hydrogens (tertiary/aromatic N) is 4. The molecule has 1 fully saturated rings. The Morgan fingerprint density at radius 1 is 1.26 bits per heavy atom. The van der Waals surface area contributed by atoms with E-state index in [1.807, 2.05) is 17.9 Å². The van der Waals surface area contributed by atoms with E-state index >= 15 is 0 Å². The third-order valence-electron chi connectivity index (χ3n) is 3.91. The van der Waals surface area contributed by atoms with Gasteiger partial charge in [-0.3, -0.25) is 4.79 Å². The lowest BCUT2D eigenvalue weighted by Gasteiger charge is -2.36. The fourth-order valence-electron chi connectivity index (χ4n) is 2.66. The van der Waals surface area contributed by atoms with Crippen LogP contribution in [-0.4, -0.2) is 57.7 Å². The van der Waals surface area contributed by atoms with Crippen LogP contribution in [0, 0.1) is 6.92 Å². The summed E-state index contributed by atoms with van der Waals surface area (Å²) in [5.41, 5.74) is 0.0173. The van der Waals surface area contributed by atoms with Crippen LogP contribution in [0.25, 0.3) is 0 Å². The first-order chi connectivity index (χ1) is 10.7. The highest BCUT2D eigenvalue weighted by Crippen LogP contribution is 2.19. The van der Waals surface area contributed by atoms with Crippen molar-refractivity contribution >= 4 is 11.7 Å². The van der Waals surface area contributed by atoms with Crippen molar-refractivity contribution in [2.24, 2.45) is 0 Å². The number of rotatable bonds is 4. The quantitative estimate of drug-likeness (QED) is 0.915. The molecule has 0 saturated carbocycles. The van der Waals surface area contributed by atoms with Crippen molar-refractivity contribution in [1.29, 1.82) is 0 Å². The zero-order valence-corrected chi connectivity index (χ0v) is 14.8. The molecule has 0 spiro atoms. The van der Waals surface area contributed by atoms with Gasteiger partial charge in [0.15, 0.2) is 0 Å². The van der Waals surface area contributed by atoms with Crippen molar-refractivity contribution in [1.82, 2.24) is 14.9 Å². The number of aliphatic hydroxyl groups is 1. The lowest BCUT2D eigenvalue weighted by atomic mass is 10.0. The monoisotopic (exact) mass is 320 g/mol. The number of hydrogen-bond donors (Lipinski definition) is 1. The number of amides is 1. The molecule has 1 aliphatic heterocycles. The first kappa shape index (κ1) is 17.7. The lowest BCUT2D eigenvalue weighted by Crippen LogP contribution is -2.50. The fourth-order valence-corrected chi connectivity index (χ4v) is 2.66. The first-order valence-corrected chi connectivity index (χ1v) is 8.26. The molecule has 0 radical (unpaired) electrons. The zero-order valence-electron chi connectivity index (χ0n) is 14.8. The average molecular weight is 320 g/mol. The third kappa shape index (κ3) is 4.89. The molecule has 1 aromatic rings. The topological polar surface area (TPSA) is 69.6 Å². The van der Waals surface area contributed by atoms with E-state index in [0.717, 1.165) is 30.4 Å². The van der Waals surface area contributed by atoms with Gasteiger partial charge >= 0.3 is 0 Å². The summed E-state index contributed by atoms with van der Waals surface area (Å²) >= 11 is 0. The fraction of sp³-hybridized carbons (Fsp3) is 0.706. The second-order valence-corrected chi connectivity index (χ2v) is 7.24. The van der Waals surface area contributed by atoms with E-state index in [4.69, 9.17) is 0 Å². The van der Waals surface area contributed by atoms with E-state index < -0.39 is 5.60 Å². The Balaban J connectivity index is 2.01. The highest BCUT2D eigenvalue weighted by molar-refractivity contribution is 5.77. The maximum atomic E-state index is 12.2. The molecule has 0 aliphatic carbocycles. The van der Waals surface area contributed by atoms with Crippen molar-refractivity contribution in [3.63, 3.8) is 0 Å². The van der Waals surface area contributed by atoms with Crippen molar-refractivity contribution in [3.05, 3.63) is 17.6 Å². The molecule has 0 unspecified atom stereocenters. The van der Waals surface area contributed by atoms with Gasteiger partial charge in [-0.1, -0.05) is 13.8 Å². The molecule has 2 rings (SSSR count). The number of hydrogen-bond acceptors (Lipinski definition) is 5. The first-order valence-electron chi connectivity index (χ1n) is 8.26. The SMILES string of the molecule is Cc1cc(N2CCN(C(=O)CC(C)(C)O)CC2)nc(C(C)C)n1. The van der Waals surface area contributed by atoms with Crippen LogP contribution in [-0.2, 0) is 4.79 Å². The molecule has 23 heavy (non-hydrogen) atoms. The molecule has 1 aromatic heterocycles. The molecule has 1 N–H and O–H groups in total. The summed E-state index contributed by atoms with van der Waals surface area (Å²) < 4.78 is 0. The predicted octanol–water partition coefficient (Wildman–Crippen LogP) is 1.72. The standard InChI is InChI=1S/C17H28N4O2/c1-12(2)16-18-13(3)10-14(19-16)20-6-8-21(9-7-20)15(22)11-17(4,5)23/h10,12,23H,6-9,11H2,1-5H3. The Kier molecular flexibility index (Phi) is 5.24. The van der Waals surface area contributed by atoms with Crippen LogP contribution in [0.15, 0.2) is 6.07 Å². The van der Waals surface area contributed by atoms with E-state index in [2.05, 4.69) is 28.7 Å². The Hall–Kier alpha value is -1.69. The number of piperazine rings is 1. The van der Waals surface area contributed by atoms with Crippen molar-refractivity contribution in [2.75, 3.05) is 31.1 Å². The van der Waals surface area contributed by atoms with Gasteiger partial charge in [0, 0.05) is 43.9 Å². The van der Waals surface area contributed by atoms with Gasteiger partial charge in [-0.25, -0.2) is 9.97 Å². The Labute approximate surface area is 138 Å². The van der Waals surface area contributed by atoms with Crippen LogP contribution in [0.2, 0.25) is 0 Å². The highest BCUT2D eigenvalue weighted by atomic mass is 16.3. The second-order valence-electron chi connectivity index (χ2n) is 7.24. The van der Waals surface area contributed by atoms with E-state index in [1.165, 1.54) is 0 Å². The summed E-state index contributed by atoms with van der Waals surface area (Å²) in [5.74, 6) is 2.11. The minimum absolute atomic E-state index is 0.0129. The third-order valence-corrected chi connectivity index (χ3v) is 3.91. The molecule has 1 saturated heterocycles. The summed E-state index contributed by atoms with van der Waals surface area (Å²) in [6, 6.07) is 2.00. The molecule has 1 aliphatic rings. The van der Waals surface area contributed by atoms with E-state index in [-0.39, 0.29) is 12.3 Å². The van der Waals surface area contributed by atoms with Crippen LogP contribution >= 0.6 is 0 Å². The second kappa shape index (κ2) is 6.83. The van der Waals surface area contributed by atoms with Crippen molar-refractivity contribution in [2.45, 2.75) is 52.6 Å². The summed E-state index contributed by atoms with van der Waals surface area (Å²) in [4.78, 5) is 25.3. The number of carbonyl (C=O) groups excluding carboxylic acids is 1. The molecule has 0 atom stereocenters. The van der Waals surface area contributed by atoms with Crippen molar-refractivity contribution in [3.8, 4) is 0 Å². The minimum atomic E-state index is -0.954. The van der Waals surface area contributed by atoms with Gasteiger partial charge in [0.2, 0.25) is 5.91 Å². The van der Waals surface area contributed by atoms with Crippen LogP contribution in [0.5, 0.6) is 0 Å². The van der Waals surface area contributed by atoms with Crippen LogP contribution in [0.1, 0.15) is 51.6 Å². The predicted molar refractivity (Wildman–Crippen MR) is 90.6 cm³/mol. The van der Waals surface area contributed by atoms with Crippen LogP contribution in [0.4, 0.5) is 5.82 Å².